The van der Waals surface area contributed by atoms with Gasteiger partial charge in [-0.05, 0) is 12.2 Å². The Balaban J connectivity index is 3.35. The fourth-order valence-electron chi connectivity index (χ4n) is 2.20. The Morgan fingerprint density at radius 1 is 1.04 bits per heavy atom. The van der Waals surface area contributed by atoms with Crippen LogP contribution in [0.3, 0.4) is 0 Å². The van der Waals surface area contributed by atoms with Crippen LogP contribution < -0.4 is 0 Å². The molecule has 6 nitrogen and oxygen atoms in total. The summed E-state index contributed by atoms with van der Waals surface area (Å²) in [6.07, 6.45) is 11.9. The molecule has 8 heteroatoms. The highest BCUT2D eigenvalue weighted by molar-refractivity contribution is 7.99. The van der Waals surface area contributed by atoms with Crippen molar-refractivity contribution < 1.29 is 29.0 Å². The van der Waals surface area contributed by atoms with Crippen LogP contribution in [0.2, 0.25) is 0 Å². The van der Waals surface area contributed by atoms with Crippen molar-refractivity contribution in [1.29, 1.82) is 0 Å². The first-order valence-electron chi connectivity index (χ1n) is 8.86. The molecule has 24 heavy (non-hydrogen) atoms. The van der Waals surface area contributed by atoms with E-state index in [1.54, 1.807) is 11.8 Å². The molecule has 0 aliphatic heterocycles. The third-order valence-electron chi connectivity index (χ3n) is 3.64. The Hall–Kier alpha value is -0.0700. The number of aliphatic hydroxyl groups is 1. The molecule has 0 saturated heterocycles. The highest BCUT2D eigenvalue weighted by Gasteiger charge is 2.30. The van der Waals surface area contributed by atoms with Crippen LogP contribution in [0.1, 0.15) is 71.1 Å². The van der Waals surface area contributed by atoms with E-state index < -0.39 is 26.0 Å². The average molecular weight is 384 g/mol. The lowest BCUT2D eigenvalue weighted by molar-refractivity contribution is 0.115. The average Bonchev–Trinajstić information content (AvgIpc) is 2.54. The van der Waals surface area contributed by atoms with E-state index in [0.717, 1.165) is 12.2 Å². The van der Waals surface area contributed by atoms with Gasteiger partial charge in [0.25, 0.3) is 0 Å². The second-order valence-electron chi connectivity index (χ2n) is 6.01. The molecule has 0 radical (unpaired) electrons. The van der Waals surface area contributed by atoms with Crippen LogP contribution in [0, 0.1) is 0 Å². The van der Waals surface area contributed by atoms with Gasteiger partial charge in [0, 0.05) is 5.75 Å². The summed E-state index contributed by atoms with van der Waals surface area (Å²) in [6, 6.07) is 0. The molecular formula is C16H33O6PS. The fourth-order valence-corrected chi connectivity index (χ4v) is 3.63. The van der Waals surface area contributed by atoms with E-state index in [1.807, 2.05) is 0 Å². The Morgan fingerprint density at radius 2 is 1.54 bits per heavy atom. The second kappa shape index (κ2) is 15.2. The molecule has 144 valence electrons. The van der Waals surface area contributed by atoms with Crippen LogP contribution in [0.15, 0.2) is 0 Å². The molecule has 2 atom stereocenters. The predicted octanol–water partition coefficient (Wildman–Crippen LogP) is 4.88. The molecule has 0 aliphatic rings. The van der Waals surface area contributed by atoms with Gasteiger partial charge < -0.3 is 15.1 Å². The van der Waals surface area contributed by atoms with Crippen molar-refractivity contribution >= 4 is 25.1 Å². The molecule has 0 aromatic heterocycles. The Morgan fingerprint density at radius 3 is 2.04 bits per heavy atom. The maximum atomic E-state index is 11.0. The molecular weight excluding hydrogens is 351 g/mol. The van der Waals surface area contributed by atoms with Crippen molar-refractivity contribution in [3.05, 3.63) is 0 Å². The van der Waals surface area contributed by atoms with Gasteiger partial charge in [-0.3, -0.25) is 4.52 Å². The van der Waals surface area contributed by atoms with Gasteiger partial charge in [0.1, 0.15) is 0 Å². The Labute approximate surface area is 149 Å². The largest absolute Gasteiger partial charge is 0.472 e. The summed E-state index contributed by atoms with van der Waals surface area (Å²) >= 11 is 1.55. The van der Waals surface area contributed by atoms with E-state index in [-0.39, 0.29) is 0 Å². The number of unbranched alkanes of at least 4 members (excludes halogenated alkanes) is 9. The third-order valence-corrected chi connectivity index (χ3v) is 5.82. The summed E-state index contributed by atoms with van der Waals surface area (Å²) in [5.41, 5.74) is -1.90. The van der Waals surface area contributed by atoms with Crippen LogP contribution >= 0.6 is 19.4 Å². The van der Waals surface area contributed by atoms with E-state index in [4.69, 9.17) is 10.00 Å². The van der Waals surface area contributed by atoms with Gasteiger partial charge in [0.15, 0.2) is 0 Å². The van der Waals surface area contributed by atoms with Crippen molar-refractivity contribution in [2.24, 2.45) is 0 Å². The molecule has 0 heterocycles. The van der Waals surface area contributed by atoms with Crippen LogP contribution in [-0.4, -0.2) is 45.0 Å². The zero-order chi connectivity index (χ0) is 18.3. The number of hydrogen-bond acceptors (Lipinski definition) is 5. The topological polar surface area (TPSA) is 104 Å². The molecule has 0 fully saturated rings. The predicted molar refractivity (Wildman–Crippen MR) is 99.0 cm³/mol. The lowest BCUT2D eigenvalue weighted by Gasteiger charge is -2.12. The molecule has 0 aromatic rings. The molecule has 0 spiro atoms. The highest BCUT2D eigenvalue weighted by Crippen LogP contribution is 2.42. The molecule has 0 bridgehead atoms. The monoisotopic (exact) mass is 384 g/mol. The molecule has 0 amide bonds. The molecule has 0 rings (SSSR count). The van der Waals surface area contributed by atoms with Crippen molar-refractivity contribution in [2.45, 2.75) is 77.2 Å². The van der Waals surface area contributed by atoms with E-state index in [0.29, 0.717) is 5.75 Å². The molecule has 0 aliphatic carbocycles. The first-order valence-corrected chi connectivity index (χ1v) is 11.6. The first-order chi connectivity index (χ1) is 11.4. The normalized spacial score (nSPS) is 15.1. The number of carboxylic acid groups (broad SMARTS) is 1. The van der Waals surface area contributed by atoms with Crippen molar-refractivity contribution in [3.63, 3.8) is 0 Å². The van der Waals surface area contributed by atoms with Gasteiger partial charge in [-0.15, -0.1) is 0 Å². The number of rotatable bonds is 17. The number of thioether (sulfide) groups is 1. The smallest absolute Gasteiger partial charge is 0.435 e. The maximum Gasteiger partial charge on any atom is 0.435 e. The number of hydrogen-bond donors (Lipinski definition) is 3. The van der Waals surface area contributed by atoms with E-state index in [2.05, 4.69) is 11.4 Å². The summed E-state index contributed by atoms with van der Waals surface area (Å²) in [5.74, 6) is 1.29. The van der Waals surface area contributed by atoms with Crippen LogP contribution in [0.4, 0.5) is 4.79 Å². The van der Waals surface area contributed by atoms with Crippen LogP contribution in [0.25, 0.3) is 0 Å². The van der Waals surface area contributed by atoms with Crippen molar-refractivity contribution in [2.75, 3.05) is 18.1 Å². The molecule has 3 N–H and O–H groups in total. The minimum atomic E-state index is -4.64. The van der Waals surface area contributed by atoms with Gasteiger partial charge in [-0.2, -0.15) is 11.8 Å². The second-order valence-corrected chi connectivity index (χ2v) is 8.84. The van der Waals surface area contributed by atoms with Crippen LogP contribution in [-0.2, 0) is 9.09 Å². The summed E-state index contributed by atoms with van der Waals surface area (Å²) in [5, 5.41) is 18.0. The summed E-state index contributed by atoms with van der Waals surface area (Å²) < 4.78 is 15.4. The summed E-state index contributed by atoms with van der Waals surface area (Å²) in [4.78, 5) is 19.3. The van der Waals surface area contributed by atoms with E-state index in [1.165, 1.54) is 57.8 Å². The van der Waals surface area contributed by atoms with Gasteiger partial charge in [-0.25, -0.2) is 9.36 Å². The third kappa shape index (κ3) is 14.3. The Bertz CT molecular complexity index is 366. The van der Waals surface area contributed by atoms with Crippen molar-refractivity contribution in [3.8, 4) is 0 Å². The zero-order valence-electron chi connectivity index (χ0n) is 14.7. The number of carbonyl (C=O) groups is 1. The summed E-state index contributed by atoms with van der Waals surface area (Å²) in [7, 11) is -4.64. The lowest BCUT2D eigenvalue weighted by Crippen LogP contribution is -2.18. The summed E-state index contributed by atoms with van der Waals surface area (Å²) in [6.45, 7) is 1.79. The molecule has 0 saturated carbocycles. The molecule has 1 unspecified atom stereocenters. The fraction of sp³-hybridized carbons (Fsp3) is 0.938. The van der Waals surface area contributed by atoms with E-state index in [9.17, 15) is 14.5 Å². The van der Waals surface area contributed by atoms with Crippen molar-refractivity contribution in [1.82, 2.24) is 0 Å². The first kappa shape index (κ1) is 23.9. The zero-order valence-corrected chi connectivity index (χ0v) is 16.4. The van der Waals surface area contributed by atoms with E-state index >= 15 is 0 Å². The maximum absolute atomic E-state index is 11.0. The minimum Gasteiger partial charge on any atom is -0.472 e. The quantitative estimate of drug-likeness (QED) is 0.242. The SMILES string of the molecule is CCCCCCCCCCCCSC[C@H](O)COP(=O)(O)C(=O)O. The molecule has 0 aromatic carbocycles. The number of aliphatic hydroxyl groups excluding tert-OH is 1. The van der Waals surface area contributed by atoms with Gasteiger partial charge in [0.05, 0.1) is 12.7 Å². The minimum absolute atomic E-state index is 0.372. The highest BCUT2D eigenvalue weighted by atomic mass is 32.2. The van der Waals surface area contributed by atoms with Crippen LogP contribution in [0.5, 0.6) is 0 Å². The van der Waals surface area contributed by atoms with Gasteiger partial charge in [-0.1, -0.05) is 64.7 Å². The standard InChI is InChI=1S/C16H33O6PS/c1-2-3-4-5-6-7-8-9-10-11-12-24-14-15(17)13-22-23(20,21)16(18)19/h15,17H,2-14H2,1H3,(H,18,19)(H,20,21)/t15-/m1/s1. The lowest BCUT2D eigenvalue weighted by atomic mass is 10.1. The Kier molecular flexibility index (Phi) is 15.2. The van der Waals surface area contributed by atoms with Gasteiger partial charge >= 0.3 is 13.3 Å². The van der Waals surface area contributed by atoms with Gasteiger partial charge in [0.2, 0.25) is 0 Å².